The first-order valence-electron chi connectivity index (χ1n) is 10.1. The van der Waals surface area contributed by atoms with Gasteiger partial charge in [0, 0.05) is 16.9 Å². The van der Waals surface area contributed by atoms with Gasteiger partial charge >= 0.3 is 0 Å². The van der Waals surface area contributed by atoms with Gasteiger partial charge in [0.25, 0.3) is 0 Å². The Balaban J connectivity index is 1.32. The van der Waals surface area contributed by atoms with Gasteiger partial charge in [-0.25, -0.2) is 9.97 Å². The van der Waals surface area contributed by atoms with E-state index in [4.69, 9.17) is 0 Å². The molecule has 1 aliphatic rings. The maximum absolute atomic E-state index is 12.5. The molecule has 1 amide bonds. The van der Waals surface area contributed by atoms with Crippen molar-refractivity contribution < 1.29 is 9.69 Å². The first-order chi connectivity index (χ1) is 14.0. The molecule has 0 bridgehead atoms. The van der Waals surface area contributed by atoms with E-state index in [1.54, 1.807) is 11.3 Å². The maximum Gasteiger partial charge on any atom is 0.239 e. The van der Waals surface area contributed by atoms with E-state index in [9.17, 15) is 4.79 Å². The first-order valence-corrected chi connectivity index (χ1v) is 11.0. The summed E-state index contributed by atoms with van der Waals surface area (Å²) in [6.07, 6.45) is 1.02. The van der Waals surface area contributed by atoms with Gasteiger partial charge in [0.05, 0.1) is 31.1 Å². The van der Waals surface area contributed by atoms with Crippen LogP contribution in [-0.4, -0.2) is 41.6 Å². The number of hydrogen-bond donors (Lipinski definition) is 3. The number of aryl methyl sites for hydroxylation is 3. The second kappa shape index (κ2) is 8.47. The number of aromatic nitrogens is 2. The van der Waals surface area contributed by atoms with Gasteiger partial charge in [0.1, 0.15) is 23.0 Å². The molecule has 3 N–H and O–H groups in total. The number of benzene rings is 1. The molecule has 7 heteroatoms. The monoisotopic (exact) mass is 410 g/mol. The van der Waals surface area contributed by atoms with Crippen LogP contribution in [0, 0.1) is 20.8 Å². The summed E-state index contributed by atoms with van der Waals surface area (Å²) in [7, 11) is 0. The molecule has 1 aromatic carbocycles. The molecule has 29 heavy (non-hydrogen) atoms. The molecule has 0 aliphatic carbocycles. The Bertz CT molecular complexity index is 1020. The summed E-state index contributed by atoms with van der Waals surface area (Å²) in [5, 5.41) is 7.46. The number of carbonyl (C=O) groups excluding carboxylic acids is 1. The van der Waals surface area contributed by atoms with Gasteiger partial charge in [0.2, 0.25) is 5.91 Å². The largest absolute Gasteiger partial charge is 0.360 e. The number of nitrogens with zero attached hydrogens (tertiary/aromatic N) is 2. The molecule has 152 valence electrons. The van der Waals surface area contributed by atoms with E-state index in [2.05, 4.69) is 58.7 Å². The van der Waals surface area contributed by atoms with Crippen LogP contribution in [-0.2, 0) is 11.3 Å². The number of hydrogen-bond acceptors (Lipinski definition) is 5. The Morgan fingerprint density at radius 1 is 1.21 bits per heavy atom. The van der Waals surface area contributed by atoms with Gasteiger partial charge < -0.3 is 15.5 Å². The van der Waals surface area contributed by atoms with Crippen molar-refractivity contribution in [1.29, 1.82) is 0 Å². The Morgan fingerprint density at radius 3 is 2.79 bits per heavy atom. The van der Waals surface area contributed by atoms with Gasteiger partial charge in [-0.15, -0.1) is 11.3 Å². The van der Waals surface area contributed by atoms with E-state index in [1.807, 2.05) is 13.0 Å². The Hall–Kier alpha value is -2.51. The van der Waals surface area contributed by atoms with Gasteiger partial charge in [-0.1, -0.05) is 30.3 Å². The molecule has 1 fully saturated rings. The molecule has 1 unspecified atom stereocenters. The van der Waals surface area contributed by atoms with Crippen molar-refractivity contribution in [3.63, 3.8) is 0 Å². The first kappa shape index (κ1) is 19.8. The van der Waals surface area contributed by atoms with E-state index >= 15 is 0 Å². The maximum atomic E-state index is 12.5. The van der Waals surface area contributed by atoms with E-state index in [0.717, 1.165) is 47.9 Å². The summed E-state index contributed by atoms with van der Waals surface area (Å²) in [4.78, 5) is 25.3. The van der Waals surface area contributed by atoms with Crippen molar-refractivity contribution >= 4 is 33.3 Å². The van der Waals surface area contributed by atoms with Crippen LogP contribution in [0.4, 0.5) is 5.82 Å². The fourth-order valence-corrected chi connectivity index (χ4v) is 5.10. The molecule has 0 spiro atoms. The lowest BCUT2D eigenvalue weighted by atomic mass is 10.2. The van der Waals surface area contributed by atoms with Crippen LogP contribution in [0.25, 0.3) is 10.2 Å². The molecule has 2 atom stereocenters. The van der Waals surface area contributed by atoms with Gasteiger partial charge in [-0.2, -0.15) is 0 Å². The van der Waals surface area contributed by atoms with Crippen molar-refractivity contribution in [2.75, 3.05) is 25.0 Å². The van der Waals surface area contributed by atoms with Crippen molar-refractivity contribution in [3.05, 3.63) is 52.2 Å². The van der Waals surface area contributed by atoms with Crippen molar-refractivity contribution in [2.24, 2.45) is 0 Å². The Morgan fingerprint density at radius 2 is 2.00 bits per heavy atom. The Labute approximate surface area is 175 Å². The average molecular weight is 411 g/mol. The number of quaternary nitrogens is 1. The third kappa shape index (κ3) is 4.57. The fraction of sp³-hybridized carbons (Fsp3) is 0.409. The summed E-state index contributed by atoms with van der Waals surface area (Å²) in [6, 6.07) is 10.8. The summed E-state index contributed by atoms with van der Waals surface area (Å²) >= 11 is 1.67. The number of nitrogens with one attached hydrogen (secondary N) is 3. The number of fused-ring (bicyclic) bond motifs is 1. The second-order valence-electron chi connectivity index (χ2n) is 7.86. The van der Waals surface area contributed by atoms with E-state index < -0.39 is 0 Å². The minimum atomic E-state index is 0.0185. The van der Waals surface area contributed by atoms with Crippen molar-refractivity contribution in [1.82, 2.24) is 15.3 Å². The van der Waals surface area contributed by atoms with Crippen LogP contribution in [0.1, 0.15) is 28.2 Å². The zero-order chi connectivity index (χ0) is 20.4. The number of carbonyl (C=O) groups is 1. The molecule has 6 nitrogen and oxygen atoms in total. The normalized spacial score (nSPS) is 18.9. The minimum Gasteiger partial charge on any atom is -0.360 e. The van der Waals surface area contributed by atoms with Crippen LogP contribution < -0.4 is 15.5 Å². The fourth-order valence-electron chi connectivity index (χ4n) is 4.03. The Kier molecular flexibility index (Phi) is 5.78. The smallest absolute Gasteiger partial charge is 0.239 e. The molecule has 0 radical (unpaired) electrons. The van der Waals surface area contributed by atoms with E-state index in [1.165, 1.54) is 20.9 Å². The summed E-state index contributed by atoms with van der Waals surface area (Å²) in [5.41, 5.74) is 2.53. The third-order valence-corrected chi connectivity index (χ3v) is 6.70. The summed E-state index contributed by atoms with van der Waals surface area (Å²) < 4.78 is 0. The van der Waals surface area contributed by atoms with Crippen molar-refractivity contribution in [2.45, 2.75) is 39.8 Å². The molecule has 3 aromatic rings. The lowest BCUT2D eigenvalue weighted by Gasteiger charge is -2.15. The highest BCUT2D eigenvalue weighted by Gasteiger charge is 2.27. The lowest BCUT2D eigenvalue weighted by Crippen LogP contribution is -3.09. The molecule has 0 saturated carbocycles. The van der Waals surface area contributed by atoms with Crippen molar-refractivity contribution in [3.8, 4) is 0 Å². The highest BCUT2D eigenvalue weighted by atomic mass is 32.1. The molecule has 3 heterocycles. The number of anilines is 1. The quantitative estimate of drug-likeness (QED) is 0.581. The number of thiophene rings is 1. The van der Waals surface area contributed by atoms with E-state index in [0.29, 0.717) is 0 Å². The number of rotatable bonds is 6. The zero-order valence-corrected chi connectivity index (χ0v) is 18.0. The lowest BCUT2D eigenvalue weighted by molar-refractivity contribution is -0.901. The highest BCUT2D eigenvalue weighted by molar-refractivity contribution is 7.18. The molecule has 1 saturated heterocycles. The molecule has 4 rings (SSSR count). The minimum absolute atomic E-state index is 0.0185. The standard InChI is InChI=1S/C22H27N5OS/c1-14-15(2)29-22-20(14)21(24-16(3)25-22)23-11-19(28)26-18-9-10-27(13-18)12-17-7-5-4-6-8-17/h4-8,18H,9-13H2,1-3H3,(H,26,28)(H,23,24,25)/p+1/t18-/m1/s1. The predicted molar refractivity (Wildman–Crippen MR) is 118 cm³/mol. The summed E-state index contributed by atoms with van der Waals surface area (Å²) in [6.45, 7) is 9.37. The van der Waals surface area contributed by atoms with Crippen LogP contribution in [0.3, 0.4) is 0 Å². The predicted octanol–water partition coefficient (Wildman–Crippen LogP) is 2.00. The van der Waals surface area contributed by atoms with Crippen LogP contribution in [0.2, 0.25) is 0 Å². The third-order valence-electron chi connectivity index (χ3n) is 5.60. The molecular formula is C22H28N5OS+. The second-order valence-corrected chi connectivity index (χ2v) is 9.06. The van der Waals surface area contributed by atoms with Crippen LogP contribution in [0.15, 0.2) is 30.3 Å². The summed E-state index contributed by atoms with van der Waals surface area (Å²) in [5.74, 6) is 1.50. The van der Waals surface area contributed by atoms with Crippen LogP contribution in [0.5, 0.6) is 0 Å². The van der Waals surface area contributed by atoms with E-state index in [-0.39, 0.29) is 18.5 Å². The van der Waals surface area contributed by atoms with Crippen LogP contribution >= 0.6 is 11.3 Å². The topological polar surface area (TPSA) is 71.3 Å². The molecular weight excluding hydrogens is 382 g/mol. The molecule has 1 aliphatic heterocycles. The number of likely N-dealkylation sites (tertiary alicyclic amines) is 1. The highest BCUT2D eigenvalue weighted by Crippen LogP contribution is 2.33. The SMILES string of the molecule is Cc1nc(NCC(=O)N[C@@H]2CC[NH+](Cc3ccccc3)C2)c2c(C)c(C)sc2n1. The average Bonchev–Trinajstić information content (AvgIpc) is 3.24. The van der Waals surface area contributed by atoms with Gasteiger partial charge in [-0.05, 0) is 26.3 Å². The van der Waals surface area contributed by atoms with Gasteiger partial charge in [-0.3, -0.25) is 4.79 Å². The van der Waals surface area contributed by atoms with Gasteiger partial charge in [0.15, 0.2) is 0 Å². The zero-order valence-electron chi connectivity index (χ0n) is 17.2. The molecule has 2 aromatic heterocycles. The number of amides is 1.